The molecule has 1 aliphatic carbocycles. The standard InChI is InChI=1S/C20H22F4O5/c1-9(18(25)28-5)6-12-13(20(12,2)3)19(26)29-8-11-16(23)14(21)10(7-27-4)15(22)17(11)24/h6,12-13H,7-8H2,1-5H3/b9-6+/t12-,13-/m0/s1. The number of methoxy groups -OCH3 is 2. The van der Waals surface area contributed by atoms with E-state index in [4.69, 9.17) is 4.74 Å². The minimum Gasteiger partial charge on any atom is -0.466 e. The van der Waals surface area contributed by atoms with Crippen LogP contribution in [-0.4, -0.2) is 26.2 Å². The summed E-state index contributed by atoms with van der Waals surface area (Å²) < 4.78 is 70.3. The van der Waals surface area contributed by atoms with E-state index in [0.717, 1.165) is 7.11 Å². The van der Waals surface area contributed by atoms with Crippen molar-refractivity contribution in [3.05, 3.63) is 46.0 Å². The van der Waals surface area contributed by atoms with Crippen LogP contribution >= 0.6 is 0 Å². The Morgan fingerprint density at radius 3 is 1.90 bits per heavy atom. The van der Waals surface area contributed by atoms with Crippen molar-refractivity contribution < 1.29 is 41.4 Å². The molecule has 1 fully saturated rings. The zero-order valence-electron chi connectivity index (χ0n) is 16.7. The lowest BCUT2D eigenvalue weighted by atomic mass is 10.1. The first kappa shape index (κ1) is 22.9. The molecule has 0 N–H and O–H groups in total. The van der Waals surface area contributed by atoms with Gasteiger partial charge in [0, 0.05) is 12.7 Å². The monoisotopic (exact) mass is 418 g/mol. The lowest BCUT2D eigenvalue weighted by molar-refractivity contribution is -0.147. The molecule has 2 atom stereocenters. The van der Waals surface area contributed by atoms with Crippen molar-refractivity contribution in [1.29, 1.82) is 0 Å². The predicted molar refractivity (Wildman–Crippen MR) is 93.3 cm³/mol. The van der Waals surface area contributed by atoms with Crippen molar-refractivity contribution in [1.82, 2.24) is 0 Å². The Morgan fingerprint density at radius 2 is 1.45 bits per heavy atom. The highest BCUT2D eigenvalue weighted by atomic mass is 19.2. The van der Waals surface area contributed by atoms with Crippen molar-refractivity contribution in [2.45, 2.75) is 34.0 Å². The number of hydrogen-bond acceptors (Lipinski definition) is 5. The lowest BCUT2D eigenvalue weighted by Gasteiger charge is -2.12. The van der Waals surface area contributed by atoms with Gasteiger partial charge in [0.15, 0.2) is 23.3 Å². The first-order chi connectivity index (χ1) is 13.5. The summed E-state index contributed by atoms with van der Waals surface area (Å²) in [5.74, 6) is -8.87. The Bertz CT molecular complexity index is 834. The maximum absolute atomic E-state index is 14.1. The van der Waals surface area contributed by atoms with E-state index in [0.29, 0.717) is 5.57 Å². The van der Waals surface area contributed by atoms with Crippen molar-refractivity contribution in [2.75, 3.05) is 14.2 Å². The van der Waals surface area contributed by atoms with Crippen LogP contribution in [0.4, 0.5) is 17.6 Å². The quantitative estimate of drug-likeness (QED) is 0.292. The third kappa shape index (κ3) is 4.29. The molecule has 1 aromatic carbocycles. The fourth-order valence-corrected chi connectivity index (χ4v) is 3.29. The highest BCUT2D eigenvalue weighted by Gasteiger charge is 2.61. The van der Waals surface area contributed by atoms with E-state index in [1.807, 2.05) is 0 Å². The highest BCUT2D eigenvalue weighted by Crippen LogP contribution is 2.60. The third-order valence-electron chi connectivity index (χ3n) is 5.19. The summed E-state index contributed by atoms with van der Waals surface area (Å²) in [6.45, 7) is 3.40. The average Bonchev–Trinajstić information content (AvgIpc) is 3.22. The van der Waals surface area contributed by atoms with Crippen molar-refractivity contribution >= 4 is 11.9 Å². The topological polar surface area (TPSA) is 61.8 Å². The minimum absolute atomic E-state index is 0.302. The van der Waals surface area contributed by atoms with E-state index in [1.54, 1.807) is 19.9 Å². The van der Waals surface area contributed by atoms with Crippen LogP contribution in [0.1, 0.15) is 31.9 Å². The number of halogens is 4. The molecule has 9 heteroatoms. The van der Waals surface area contributed by atoms with E-state index in [2.05, 4.69) is 9.47 Å². The number of carbonyl (C=O) groups is 2. The van der Waals surface area contributed by atoms with E-state index in [9.17, 15) is 27.2 Å². The number of carbonyl (C=O) groups excluding carboxylic acids is 2. The van der Waals surface area contributed by atoms with Gasteiger partial charge in [-0.25, -0.2) is 22.4 Å². The maximum atomic E-state index is 14.1. The maximum Gasteiger partial charge on any atom is 0.333 e. The Labute approximate surface area is 165 Å². The van der Waals surface area contributed by atoms with Gasteiger partial charge in [0.05, 0.1) is 30.8 Å². The van der Waals surface area contributed by atoms with Crippen LogP contribution in [0.3, 0.4) is 0 Å². The summed E-state index contributed by atoms with van der Waals surface area (Å²) in [6.07, 6.45) is 1.57. The zero-order chi connectivity index (χ0) is 22.1. The zero-order valence-corrected chi connectivity index (χ0v) is 16.7. The largest absolute Gasteiger partial charge is 0.466 e. The van der Waals surface area contributed by atoms with Crippen LogP contribution in [0.15, 0.2) is 11.6 Å². The molecule has 0 spiro atoms. The van der Waals surface area contributed by atoms with E-state index < -0.39 is 70.9 Å². The molecule has 2 rings (SSSR count). The molecule has 0 heterocycles. The number of allylic oxidation sites excluding steroid dienone is 1. The molecule has 5 nitrogen and oxygen atoms in total. The molecule has 160 valence electrons. The van der Waals surface area contributed by atoms with Crippen molar-refractivity contribution in [3.8, 4) is 0 Å². The fourth-order valence-electron chi connectivity index (χ4n) is 3.29. The Kier molecular flexibility index (Phi) is 6.72. The summed E-state index contributed by atoms with van der Waals surface area (Å²) in [5, 5.41) is 0. The summed E-state index contributed by atoms with van der Waals surface area (Å²) in [6, 6.07) is 0. The molecule has 0 unspecified atom stereocenters. The molecule has 0 radical (unpaired) electrons. The molecule has 0 amide bonds. The summed E-state index contributed by atoms with van der Waals surface area (Å²) in [4.78, 5) is 23.9. The predicted octanol–water partition coefficient (Wildman–Crippen LogP) is 3.82. The molecule has 0 aromatic heterocycles. The average molecular weight is 418 g/mol. The lowest BCUT2D eigenvalue weighted by Crippen LogP contribution is -2.15. The summed E-state index contributed by atoms with van der Waals surface area (Å²) in [5.41, 5.74) is -2.17. The van der Waals surface area contributed by atoms with Crippen LogP contribution < -0.4 is 0 Å². The van der Waals surface area contributed by atoms with Gasteiger partial charge in [0.2, 0.25) is 0 Å². The molecule has 29 heavy (non-hydrogen) atoms. The Morgan fingerprint density at radius 1 is 0.966 bits per heavy atom. The van der Waals surface area contributed by atoms with Crippen LogP contribution in [0.5, 0.6) is 0 Å². The number of benzene rings is 1. The molecule has 1 aliphatic rings. The normalized spacial score (nSPS) is 20.4. The van der Waals surface area contributed by atoms with Gasteiger partial charge in [-0.15, -0.1) is 0 Å². The molecule has 1 saturated carbocycles. The van der Waals surface area contributed by atoms with Crippen LogP contribution in [0.25, 0.3) is 0 Å². The van der Waals surface area contributed by atoms with Gasteiger partial charge in [-0.3, -0.25) is 4.79 Å². The van der Waals surface area contributed by atoms with Gasteiger partial charge >= 0.3 is 11.9 Å². The smallest absolute Gasteiger partial charge is 0.333 e. The molecule has 0 saturated heterocycles. The van der Waals surface area contributed by atoms with Crippen LogP contribution in [0.2, 0.25) is 0 Å². The SMILES string of the molecule is COCc1c(F)c(F)c(COC(=O)[C@@H]2[C@H](/C=C(\C)C(=O)OC)C2(C)C)c(F)c1F. The number of rotatable bonds is 7. The van der Waals surface area contributed by atoms with E-state index in [-0.39, 0.29) is 5.92 Å². The van der Waals surface area contributed by atoms with E-state index >= 15 is 0 Å². The minimum atomic E-state index is -1.64. The Hall–Kier alpha value is -2.42. The van der Waals surface area contributed by atoms with Crippen molar-refractivity contribution in [3.63, 3.8) is 0 Å². The second kappa shape index (κ2) is 8.52. The first-order valence-electron chi connectivity index (χ1n) is 8.74. The molecular weight excluding hydrogens is 396 g/mol. The first-order valence-corrected chi connectivity index (χ1v) is 8.74. The summed E-state index contributed by atoms with van der Waals surface area (Å²) >= 11 is 0. The van der Waals surface area contributed by atoms with E-state index in [1.165, 1.54) is 14.0 Å². The molecule has 0 bridgehead atoms. The number of esters is 2. The number of hydrogen-bond donors (Lipinski definition) is 0. The van der Waals surface area contributed by atoms with Crippen LogP contribution in [-0.2, 0) is 37.0 Å². The third-order valence-corrected chi connectivity index (χ3v) is 5.19. The molecular formula is C20H22F4O5. The van der Waals surface area contributed by atoms with Gasteiger partial charge in [0.1, 0.15) is 6.61 Å². The molecule has 1 aromatic rings. The van der Waals surface area contributed by atoms with Gasteiger partial charge in [-0.2, -0.15) is 0 Å². The second-order valence-electron chi connectivity index (χ2n) is 7.42. The van der Waals surface area contributed by atoms with Gasteiger partial charge in [0.25, 0.3) is 0 Å². The fraction of sp³-hybridized carbons (Fsp3) is 0.500. The number of ether oxygens (including phenoxy) is 3. The molecule has 0 aliphatic heterocycles. The Balaban J connectivity index is 2.17. The summed E-state index contributed by atoms with van der Waals surface area (Å²) in [7, 11) is 2.34. The van der Waals surface area contributed by atoms with Crippen molar-refractivity contribution in [2.24, 2.45) is 17.3 Å². The van der Waals surface area contributed by atoms with Gasteiger partial charge in [-0.05, 0) is 18.3 Å². The van der Waals surface area contributed by atoms with Gasteiger partial charge < -0.3 is 14.2 Å². The highest BCUT2D eigenvalue weighted by molar-refractivity contribution is 5.88. The second-order valence-corrected chi connectivity index (χ2v) is 7.42. The van der Waals surface area contributed by atoms with Gasteiger partial charge in [-0.1, -0.05) is 19.9 Å². The van der Waals surface area contributed by atoms with Crippen LogP contribution in [0, 0.1) is 40.5 Å².